The number of benzene rings is 10. The topological polar surface area (TPSA) is 8.17 Å². The molecule has 12 rings (SSSR count). The molecular weight excluding hydrogens is 757 g/mol. The lowest BCUT2D eigenvalue weighted by molar-refractivity contribution is 1.18. The van der Waals surface area contributed by atoms with Gasteiger partial charge in [-0.3, -0.25) is 0 Å². The van der Waals surface area contributed by atoms with Gasteiger partial charge in [-0.1, -0.05) is 176 Å². The first-order chi connectivity index (χ1) is 30.3. The highest BCUT2D eigenvalue weighted by atomic mass is 32.1. The zero-order valence-corrected chi connectivity index (χ0v) is 34.1. The van der Waals surface area contributed by atoms with Crippen LogP contribution >= 0.6 is 11.3 Å². The SMILES string of the molecule is c1ccc(-c2cc(-c3cccc4c3sc3ccccc34)ccc2N(c2ccc(-c3ccccc3)c3ccccc23)c2cccc3c2c2ccccc2n3-c2ccccc2)cc1. The van der Waals surface area contributed by atoms with Gasteiger partial charge in [0.2, 0.25) is 0 Å². The van der Waals surface area contributed by atoms with E-state index in [9.17, 15) is 0 Å². The average Bonchev–Trinajstić information content (AvgIpc) is 3.89. The highest BCUT2D eigenvalue weighted by Crippen LogP contribution is 2.50. The third-order valence-electron chi connectivity index (χ3n) is 12.2. The van der Waals surface area contributed by atoms with Crippen LogP contribution in [-0.4, -0.2) is 4.57 Å². The maximum absolute atomic E-state index is 2.54. The van der Waals surface area contributed by atoms with E-state index < -0.39 is 0 Å². The Hall–Kier alpha value is -7.72. The first-order valence-electron chi connectivity index (χ1n) is 20.9. The van der Waals surface area contributed by atoms with Gasteiger partial charge in [0, 0.05) is 47.6 Å². The lowest BCUT2D eigenvalue weighted by Crippen LogP contribution is -2.12. The molecule has 286 valence electrons. The normalized spacial score (nSPS) is 11.6. The number of para-hydroxylation sites is 2. The third kappa shape index (κ3) is 5.78. The molecule has 0 saturated carbocycles. The van der Waals surface area contributed by atoms with Crippen LogP contribution < -0.4 is 4.90 Å². The molecule has 12 aromatic rings. The Kier molecular flexibility index (Phi) is 8.39. The molecule has 2 aromatic heterocycles. The van der Waals surface area contributed by atoms with E-state index in [-0.39, 0.29) is 0 Å². The van der Waals surface area contributed by atoms with Gasteiger partial charge in [0.05, 0.1) is 28.1 Å². The van der Waals surface area contributed by atoms with E-state index in [2.05, 4.69) is 240 Å². The Morgan fingerprint density at radius 3 is 1.70 bits per heavy atom. The summed E-state index contributed by atoms with van der Waals surface area (Å²) in [4.78, 5) is 2.54. The lowest BCUT2D eigenvalue weighted by Gasteiger charge is -2.30. The molecule has 0 bridgehead atoms. The summed E-state index contributed by atoms with van der Waals surface area (Å²) in [5, 5.41) is 7.42. The van der Waals surface area contributed by atoms with Crippen LogP contribution in [0.1, 0.15) is 0 Å². The molecule has 0 aliphatic heterocycles. The standard InChI is InChI=1S/C58H38N2S/c1-4-18-39(19-5-1)43-35-37-52(46-25-11-10-24-45(43)46)60(55-32-17-31-54-57(55)49-27-12-14-30-51(49)59(54)42-22-8-3-9-23-42)53-36-34-41(38-50(53)40-20-6-2-7-21-40)44-28-16-29-48-47-26-13-15-33-56(47)61-58(44)48/h1-38H. The number of nitrogens with zero attached hydrogens (tertiary/aromatic N) is 2. The second kappa shape index (κ2) is 14.5. The minimum Gasteiger partial charge on any atom is -0.309 e. The van der Waals surface area contributed by atoms with Gasteiger partial charge in [0.15, 0.2) is 0 Å². The monoisotopic (exact) mass is 794 g/mol. The van der Waals surface area contributed by atoms with Crippen molar-refractivity contribution in [1.29, 1.82) is 0 Å². The van der Waals surface area contributed by atoms with Gasteiger partial charge < -0.3 is 9.47 Å². The van der Waals surface area contributed by atoms with Gasteiger partial charge in [-0.15, -0.1) is 11.3 Å². The Balaban J connectivity index is 1.18. The summed E-state index contributed by atoms with van der Waals surface area (Å²) in [5.41, 5.74) is 14.0. The van der Waals surface area contributed by atoms with E-state index in [1.807, 2.05) is 11.3 Å². The summed E-state index contributed by atoms with van der Waals surface area (Å²) >= 11 is 1.88. The summed E-state index contributed by atoms with van der Waals surface area (Å²) in [6, 6.07) is 84.3. The van der Waals surface area contributed by atoms with Crippen molar-refractivity contribution in [3.63, 3.8) is 0 Å². The van der Waals surface area contributed by atoms with Crippen LogP contribution in [0.15, 0.2) is 231 Å². The number of aromatic nitrogens is 1. The molecule has 0 spiro atoms. The van der Waals surface area contributed by atoms with Crippen LogP contribution in [-0.2, 0) is 0 Å². The van der Waals surface area contributed by atoms with E-state index >= 15 is 0 Å². The predicted octanol–water partition coefficient (Wildman–Crippen LogP) is 16.8. The van der Waals surface area contributed by atoms with Crippen LogP contribution in [0, 0.1) is 0 Å². The average molecular weight is 795 g/mol. The van der Waals surface area contributed by atoms with Crippen molar-refractivity contribution >= 4 is 81.1 Å². The maximum atomic E-state index is 2.54. The largest absolute Gasteiger partial charge is 0.309 e. The highest BCUT2D eigenvalue weighted by Gasteiger charge is 2.25. The van der Waals surface area contributed by atoms with E-state index in [1.54, 1.807) is 0 Å². The van der Waals surface area contributed by atoms with Gasteiger partial charge in [0.1, 0.15) is 0 Å². The zero-order valence-electron chi connectivity index (χ0n) is 33.2. The quantitative estimate of drug-likeness (QED) is 0.156. The van der Waals surface area contributed by atoms with Gasteiger partial charge in [-0.05, 0) is 87.8 Å². The van der Waals surface area contributed by atoms with E-state index in [4.69, 9.17) is 0 Å². The molecule has 3 heteroatoms. The number of hydrogen-bond acceptors (Lipinski definition) is 2. The molecule has 0 amide bonds. The van der Waals surface area contributed by atoms with Crippen LogP contribution in [0.25, 0.3) is 91.8 Å². The molecule has 10 aromatic carbocycles. The van der Waals surface area contributed by atoms with Gasteiger partial charge >= 0.3 is 0 Å². The van der Waals surface area contributed by atoms with Crippen LogP contribution in [0.5, 0.6) is 0 Å². The fraction of sp³-hybridized carbons (Fsp3) is 0. The number of thiophene rings is 1. The molecule has 2 heterocycles. The fourth-order valence-corrected chi connectivity index (χ4v) is 10.7. The van der Waals surface area contributed by atoms with Crippen molar-refractivity contribution in [2.75, 3.05) is 4.90 Å². The molecule has 0 saturated heterocycles. The van der Waals surface area contributed by atoms with Crippen molar-refractivity contribution in [2.24, 2.45) is 0 Å². The summed E-state index contributed by atoms with van der Waals surface area (Å²) < 4.78 is 5.04. The van der Waals surface area contributed by atoms with Crippen molar-refractivity contribution in [2.45, 2.75) is 0 Å². The van der Waals surface area contributed by atoms with Crippen LogP contribution in [0.4, 0.5) is 17.1 Å². The van der Waals surface area contributed by atoms with E-state index in [0.717, 1.165) is 39.4 Å². The molecule has 2 nitrogen and oxygen atoms in total. The number of fused-ring (bicyclic) bond motifs is 7. The van der Waals surface area contributed by atoms with Crippen LogP contribution in [0.2, 0.25) is 0 Å². The third-order valence-corrected chi connectivity index (χ3v) is 13.4. The Morgan fingerprint density at radius 2 is 0.918 bits per heavy atom. The lowest BCUT2D eigenvalue weighted by atomic mass is 9.93. The van der Waals surface area contributed by atoms with E-state index in [1.165, 1.54) is 69.5 Å². The molecule has 0 radical (unpaired) electrons. The van der Waals surface area contributed by atoms with Crippen molar-refractivity contribution in [3.05, 3.63) is 231 Å². The second-order valence-corrected chi connectivity index (χ2v) is 16.7. The Labute approximate surface area is 358 Å². The Morgan fingerprint density at radius 1 is 0.328 bits per heavy atom. The van der Waals surface area contributed by atoms with Gasteiger partial charge in [0.25, 0.3) is 0 Å². The number of rotatable bonds is 7. The molecule has 0 unspecified atom stereocenters. The van der Waals surface area contributed by atoms with Crippen molar-refractivity contribution in [3.8, 4) is 39.1 Å². The smallest absolute Gasteiger partial charge is 0.0562 e. The van der Waals surface area contributed by atoms with Gasteiger partial charge in [-0.25, -0.2) is 0 Å². The highest BCUT2D eigenvalue weighted by molar-refractivity contribution is 7.26. The molecule has 61 heavy (non-hydrogen) atoms. The maximum Gasteiger partial charge on any atom is 0.0562 e. The molecule has 0 fully saturated rings. The fourth-order valence-electron chi connectivity index (χ4n) is 9.50. The summed E-state index contributed by atoms with van der Waals surface area (Å²) in [6.07, 6.45) is 0. The number of anilines is 3. The molecule has 0 aliphatic carbocycles. The molecule has 0 atom stereocenters. The Bertz CT molecular complexity index is 3580. The van der Waals surface area contributed by atoms with E-state index in [0.29, 0.717) is 0 Å². The van der Waals surface area contributed by atoms with Crippen molar-refractivity contribution in [1.82, 2.24) is 4.57 Å². The van der Waals surface area contributed by atoms with Crippen LogP contribution in [0.3, 0.4) is 0 Å². The van der Waals surface area contributed by atoms with Crippen molar-refractivity contribution < 1.29 is 0 Å². The first kappa shape index (κ1) is 35.2. The number of hydrogen-bond donors (Lipinski definition) is 0. The summed E-state index contributed by atoms with van der Waals surface area (Å²) in [6.45, 7) is 0. The molecule has 0 aliphatic rings. The minimum absolute atomic E-state index is 1.11. The minimum atomic E-state index is 1.11. The van der Waals surface area contributed by atoms with Gasteiger partial charge in [-0.2, -0.15) is 0 Å². The zero-order chi connectivity index (χ0) is 40.3. The second-order valence-electron chi connectivity index (χ2n) is 15.6. The first-order valence-corrected chi connectivity index (χ1v) is 21.7. The molecule has 0 N–H and O–H groups in total. The summed E-state index contributed by atoms with van der Waals surface area (Å²) in [7, 11) is 0. The molecular formula is C58H38N2S. The summed E-state index contributed by atoms with van der Waals surface area (Å²) in [5.74, 6) is 0. The predicted molar refractivity (Wildman–Crippen MR) is 262 cm³/mol.